The molecule has 0 amide bonds. The standard InChI is InChI=1S/C17H21BrN2/c1-11-6-12(2)15(13(3)7-11)10-20(5)17-8-14(4)16(18)9-19-17/h6-9H,10H2,1-5H3. The van der Waals surface area contributed by atoms with Crippen LogP contribution in [0.1, 0.15) is 27.8 Å². The molecule has 0 fully saturated rings. The molecular weight excluding hydrogens is 312 g/mol. The first kappa shape index (κ1) is 15.0. The van der Waals surface area contributed by atoms with Crippen molar-refractivity contribution in [2.45, 2.75) is 34.2 Å². The number of aromatic nitrogens is 1. The van der Waals surface area contributed by atoms with Crippen molar-refractivity contribution in [3.8, 4) is 0 Å². The summed E-state index contributed by atoms with van der Waals surface area (Å²) in [7, 11) is 2.09. The average Bonchev–Trinajstić information content (AvgIpc) is 2.36. The molecule has 106 valence electrons. The molecule has 0 spiro atoms. The van der Waals surface area contributed by atoms with Crippen LogP contribution < -0.4 is 4.90 Å². The molecule has 0 atom stereocenters. The van der Waals surface area contributed by atoms with E-state index in [0.29, 0.717) is 0 Å². The summed E-state index contributed by atoms with van der Waals surface area (Å²) in [4.78, 5) is 6.69. The number of anilines is 1. The zero-order chi connectivity index (χ0) is 14.9. The lowest BCUT2D eigenvalue weighted by molar-refractivity contribution is 0.880. The van der Waals surface area contributed by atoms with Gasteiger partial charge in [-0.15, -0.1) is 0 Å². The van der Waals surface area contributed by atoms with Gasteiger partial charge in [-0.05, 0) is 71.9 Å². The van der Waals surface area contributed by atoms with E-state index in [1.54, 1.807) is 0 Å². The van der Waals surface area contributed by atoms with E-state index in [9.17, 15) is 0 Å². The molecule has 1 heterocycles. The molecule has 2 aromatic rings. The molecule has 0 bridgehead atoms. The third-order valence-electron chi connectivity index (χ3n) is 3.66. The second-order valence-corrected chi connectivity index (χ2v) is 6.38. The van der Waals surface area contributed by atoms with E-state index in [2.05, 4.69) is 78.8 Å². The summed E-state index contributed by atoms with van der Waals surface area (Å²) >= 11 is 3.50. The summed E-state index contributed by atoms with van der Waals surface area (Å²) in [5.74, 6) is 1.00. The van der Waals surface area contributed by atoms with Gasteiger partial charge in [-0.1, -0.05) is 17.7 Å². The fourth-order valence-electron chi connectivity index (χ4n) is 2.51. The smallest absolute Gasteiger partial charge is 0.128 e. The van der Waals surface area contributed by atoms with E-state index < -0.39 is 0 Å². The van der Waals surface area contributed by atoms with Crippen LogP contribution in [0.5, 0.6) is 0 Å². The van der Waals surface area contributed by atoms with Gasteiger partial charge >= 0.3 is 0 Å². The predicted molar refractivity (Wildman–Crippen MR) is 89.4 cm³/mol. The Labute approximate surface area is 130 Å². The molecule has 0 aliphatic heterocycles. The Kier molecular flexibility index (Phi) is 4.48. The second-order valence-electron chi connectivity index (χ2n) is 5.53. The van der Waals surface area contributed by atoms with Gasteiger partial charge in [-0.25, -0.2) is 4.98 Å². The highest BCUT2D eigenvalue weighted by molar-refractivity contribution is 9.10. The molecule has 3 heteroatoms. The third-order valence-corrected chi connectivity index (χ3v) is 4.49. The van der Waals surface area contributed by atoms with Crippen molar-refractivity contribution >= 4 is 21.7 Å². The molecule has 0 N–H and O–H groups in total. The molecule has 0 saturated carbocycles. The first-order valence-electron chi connectivity index (χ1n) is 6.78. The van der Waals surface area contributed by atoms with Gasteiger partial charge in [0.15, 0.2) is 0 Å². The summed E-state index contributed by atoms with van der Waals surface area (Å²) in [5.41, 5.74) is 6.62. The van der Waals surface area contributed by atoms with Gasteiger partial charge in [-0.3, -0.25) is 0 Å². The van der Waals surface area contributed by atoms with Gasteiger partial charge in [0.05, 0.1) is 0 Å². The van der Waals surface area contributed by atoms with E-state index in [-0.39, 0.29) is 0 Å². The van der Waals surface area contributed by atoms with Crippen LogP contribution in [0.4, 0.5) is 5.82 Å². The summed E-state index contributed by atoms with van der Waals surface area (Å²) in [6.45, 7) is 9.48. The van der Waals surface area contributed by atoms with Crippen molar-refractivity contribution in [3.05, 3.63) is 56.7 Å². The summed E-state index contributed by atoms with van der Waals surface area (Å²) in [6, 6.07) is 6.61. The summed E-state index contributed by atoms with van der Waals surface area (Å²) in [6.07, 6.45) is 1.87. The first-order chi connectivity index (χ1) is 9.38. The van der Waals surface area contributed by atoms with E-state index in [1.165, 1.54) is 27.8 Å². The van der Waals surface area contributed by atoms with Crippen molar-refractivity contribution in [1.82, 2.24) is 4.98 Å². The van der Waals surface area contributed by atoms with E-state index in [1.807, 2.05) is 6.20 Å². The number of rotatable bonds is 3. The van der Waals surface area contributed by atoms with Crippen molar-refractivity contribution < 1.29 is 0 Å². The van der Waals surface area contributed by atoms with Crippen molar-refractivity contribution in [2.75, 3.05) is 11.9 Å². The molecule has 2 rings (SSSR count). The Morgan fingerprint density at radius 3 is 2.15 bits per heavy atom. The van der Waals surface area contributed by atoms with E-state index in [0.717, 1.165) is 16.8 Å². The number of aryl methyl sites for hydroxylation is 4. The lowest BCUT2D eigenvalue weighted by Crippen LogP contribution is -2.19. The minimum atomic E-state index is 0.881. The molecule has 0 unspecified atom stereocenters. The van der Waals surface area contributed by atoms with Crippen LogP contribution in [0, 0.1) is 27.7 Å². The zero-order valence-corrected chi connectivity index (χ0v) is 14.4. The Morgan fingerprint density at radius 2 is 1.60 bits per heavy atom. The topological polar surface area (TPSA) is 16.1 Å². The van der Waals surface area contributed by atoms with Gasteiger partial charge in [-0.2, -0.15) is 0 Å². The SMILES string of the molecule is Cc1cc(C)c(CN(C)c2cc(C)c(Br)cn2)c(C)c1. The monoisotopic (exact) mass is 332 g/mol. The third kappa shape index (κ3) is 3.21. The van der Waals surface area contributed by atoms with Crippen molar-refractivity contribution in [3.63, 3.8) is 0 Å². The molecule has 0 aliphatic rings. The van der Waals surface area contributed by atoms with Gasteiger partial charge in [0.25, 0.3) is 0 Å². The van der Waals surface area contributed by atoms with Crippen LogP contribution >= 0.6 is 15.9 Å². The minimum Gasteiger partial charge on any atom is -0.355 e. The average molecular weight is 333 g/mol. The van der Waals surface area contributed by atoms with Crippen molar-refractivity contribution in [1.29, 1.82) is 0 Å². The Bertz CT molecular complexity index is 612. The highest BCUT2D eigenvalue weighted by Crippen LogP contribution is 2.23. The second kappa shape index (κ2) is 5.96. The maximum Gasteiger partial charge on any atom is 0.128 e. The van der Waals surface area contributed by atoms with Crippen molar-refractivity contribution in [2.24, 2.45) is 0 Å². The van der Waals surface area contributed by atoms with E-state index in [4.69, 9.17) is 0 Å². The van der Waals surface area contributed by atoms with Crippen LogP contribution in [-0.4, -0.2) is 12.0 Å². The minimum absolute atomic E-state index is 0.881. The van der Waals surface area contributed by atoms with Gasteiger partial charge in [0.1, 0.15) is 5.82 Å². The highest BCUT2D eigenvalue weighted by atomic mass is 79.9. The molecule has 2 nitrogen and oxygen atoms in total. The van der Waals surface area contributed by atoms with E-state index >= 15 is 0 Å². The molecule has 0 saturated heterocycles. The lowest BCUT2D eigenvalue weighted by atomic mass is 9.99. The van der Waals surface area contributed by atoms with Gasteiger partial charge in [0, 0.05) is 24.3 Å². The molecular formula is C17H21BrN2. The Morgan fingerprint density at radius 1 is 1.00 bits per heavy atom. The van der Waals surface area contributed by atoms with Gasteiger partial charge in [0.2, 0.25) is 0 Å². The summed E-state index contributed by atoms with van der Waals surface area (Å²) < 4.78 is 1.05. The number of halogens is 1. The van der Waals surface area contributed by atoms with Crippen LogP contribution in [-0.2, 0) is 6.54 Å². The molecule has 20 heavy (non-hydrogen) atoms. The Balaban J connectivity index is 2.27. The number of benzene rings is 1. The fourth-order valence-corrected chi connectivity index (χ4v) is 2.73. The van der Waals surface area contributed by atoms with Crippen LogP contribution in [0.25, 0.3) is 0 Å². The first-order valence-corrected chi connectivity index (χ1v) is 7.58. The van der Waals surface area contributed by atoms with Crippen LogP contribution in [0.3, 0.4) is 0 Å². The number of hydrogen-bond acceptors (Lipinski definition) is 2. The number of hydrogen-bond donors (Lipinski definition) is 0. The zero-order valence-electron chi connectivity index (χ0n) is 12.8. The number of pyridine rings is 1. The highest BCUT2D eigenvalue weighted by Gasteiger charge is 2.09. The quantitative estimate of drug-likeness (QED) is 0.808. The van der Waals surface area contributed by atoms with Crippen LogP contribution in [0.2, 0.25) is 0 Å². The predicted octanol–water partition coefficient (Wildman–Crippen LogP) is 4.71. The molecule has 1 aromatic carbocycles. The van der Waals surface area contributed by atoms with Gasteiger partial charge < -0.3 is 4.90 Å². The largest absolute Gasteiger partial charge is 0.355 e. The fraction of sp³-hybridized carbons (Fsp3) is 0.353. The molecule has 1 aromatic heterocycles. The van der Waals surface area contributed by atoms with Crippen LogP contribution in [0.15, 0.2) is 28.9 Å². The number of nitrogens with zero attached hydrogens (tertiary/aromatic N) is 2. The lowest BCUT2D eigenvalue weighted by Gasteiger charge is -2.22. The maximum atomic E-state index is 4.49. The Hall–Kier alpha value is -1.35. The summed E-state index contributed by atoms with van der Waals surface area (Å²) in [5, 5.41) is 0. The normalized spacial score (nSPS) is 10.7. The maximum absolute atomic E-state index is 4.49. The molecule has 0 aliphatic carbocycles. The molecule has 0 radical (unpaired) electrons.